The van der Waals surface area contributed by atoms with Crippen LogP contribution in [-0.2, 0) is 43.0 Å². The molecule has 4 N–H and O–H groups in total. The predicted octanol–water partition coefficient (Wildman–Crippen LogP) is 3.18. The quantitative estimate of drug-likeness (QED) is 0.279. The third-order valence-corrected chi connectivity index (χ3v) is 4.34. The van der Waals surface area contributed by atoms with Crippen molar-refractivity contribution in [1.82, 2.24) is 0 Å². The van der Waals surface area contributed by atoms with Crippen molar-refractivity contribution in [3.63, 3.8) is 0 Å². The minimum absolute atomic E-state index is 0. The summed E-state index contributed by atoms with van der Waals surface area (Å²) in [6.45, 7) is 8.38. The number of carboxylic acids is 4. The molecule has 3 atom stereocenters. The van der Waals surface area contributed by atoms with Gasteiger partial charge in [-0.3, -0.25) is 14.4 Å². The van der Waals surface area contributed by atoms with Crippen molar-refractivity contribution in [2.24, 2.45) is 0 Å². The van der Waals surface area contributed by atoms with E-state index >= 15 is 0 Å². The third kappa shape index (κ3) is 18.2. The summed E-state index contributed by atoms with van der Waals surface area (Å²) >= 11 is 0. The van der Waals surface area contributed by atoms with Crippen molar-refractivity contribution >= 4 is 35.6 Å². The Hall–Kier alpha value is -4.16. The molecule has 0 amide bonds. The Kier molecular flexibility index (Phi) is 20.2. The predicted molar refractivity (Wildman–Crippen MR) is 134 cm³/mol. The highest BCUT2D eigenvalue weighted by atomic mass is 16.6. The van der Waals surface area contributed by atoms with E-state index in [4.69, 9.17) is 29.9 Å². The monoisotopic (exact) mass is 546 g/mol. The van der Waals surface area contributed by atoms with Gasteiger partial charge in [-0.15, -0.1) is 0 Å². The van der Waals surface area contributed by atoms with Crippen LogP contribution >= 0.6 is 0 Å². The molecular formula is C25H38O13. The number of ether oxygens (including phenoxy) is 3. The normalized spacial score (nSPS) is 20.7. The highest BCUT2D eigenvalue weighted by Gasteiger charge is 2.29. The van der Waals surface area contributed by atoms with Crippen LogP contribution in [-0.4, -0.2) is 74.4 Å². The zero-order valence-electron chi connectivity index (χ0n) is 19.7. The number of ketones is 1. The second kappa shape index (κ2) is 20.0. The van der Waals surface area contributed by atoms with Crippen molar-refractivity contribution in [3.8, 4) is 0 Å². The number of allylic oxidation sites excluding steroid dienone is 3. The van der Waals surface area contributed by atoms with Gasteiger partial charge in [-0.2, -0.15) is 0 Å². The molecule has 0 aromatic rings. The number of carbonyl (C=O) groups excluding carboxylic acids is 2. The van der Waals surface area contributed by atoms with Crippen LogP contribution in [0.15, 0.2) is 36.8 Å². The number of carboxylic acid groups (broad SMARTS) is 4. The third-order valence-electron chi connectivity index (χ3n) is 4.34. The number of carbonyl (C=O) groups is 6. The Morgan fingerprint density at radius 1 is 0.763 bits per heavy atom. The molecule has 0 aliphatic carbocycles. The average molecular weight is 547 g/mol. The molecule has 216 valence electrons. The fourth-order valence-electron chi connectivity index (χ4n) is 2.60. The molecule has 0 aromatic carbocycles. The van der Waals surface area contributed by atoms with Gasteiger partial charge in [-0.1, -0.05) is 34.1 Å². The van der Waals surface area contributed by atoms with E-state index in [2.05, 4.69) is 17.9 Å². The summed E-state index contributed by atoms with van der Waals surface area (Å²) in [5.74, 6) is -3.14. The van der Waals surface area contributed by atoms with Gasteiger partial charge < -0.3 is 34.6 Å². The number of cyclic esters (lactones) is 1. The maximum Gasteiger partial charge on any atom is 0.345 e. The van der Waals surface area contributed by atoms with Gasteiger partial charge in [-0.25, -0.2) is 14.4 Å². The van der Waals surface area contributed by atoms with E-state index in [1.54, 1.807) is 0 Å². The summed E-state index contributed by atoms with van der Waals surface area (Å²) in [5.41, 5.74) is 0. The van der Waals surface area contributed by atoms with Crippen LogP contribution in [0.1, 0.15) is 66.7 Å². The van der Waals surface area contributed by atoms with Crippen molar-refractivity contribution in [2.45, 2.75) is 85.0 Å². The zero-order chi connectivity index (χ0) is 27.8. The van der Waals surface area contributed by atoms with Crippen molar-refractivity contribution in [2.75, 3.05) is 0 Å². The molecule has 3 rings (SSSR count). The molecule has 3 saturated heterocycles. The SMILES string of the molecule is C.C.C=C1CC[C@@H](C(=O)O)O1.C=C1CC[C@H](C(=O)O)O1.CC(=O)/C=C/CC(=O)O.O=C1CCC(C(=O)O)O1. The standard InChI is InChI=1S/3C6H8O3.C5H6O4.2CH4/c2*1-4-2-3-5(9-4)6(7)8;1-5(7)3-2-4-6(8)9;6-4-2-1-3(9-4)5(7)8;;/h2*5H,1-3H2,(H,7,8);2-3H,4H2,1H3,(H,8,9);3H,1-2H2,(H,7,8);2*1H4/b;;3-2+;;;/t2*5-;;;;/m10..../s1. The molecule has 3 aliphatic rings. The molecule has 0 spiro atoms. The Labute approximate surface area is 221 Å². The number of hydrogen-bond donors (Lipinski definition) is 4. The van der Waals surface area contributed by atoms with Crippen LogP contribution in [0.5, 0.6) is 0 Å². The van der Waals surface area contributed by atoms with Crippen LogP contribution in [0.3, 0.4) is 0 Å². The lowest BCUT2D eigenvalue weighted by Crippen LogP contribution is -2.18. The lowest BCUT2D eigenvalue weighted by atomic mass is 10.2. The first kappa shape index (κ1) is 38.4. The Morgan fingerprint density at radius 2 is 1.13 bits per heavy atom. The van der Waals surface area contributed by atoms with Gasteiger partial charge in [0.25, 0.3) is 0 Å². The van der Waals surface area contributed by atoms with Crippen LogP contribution < -0.4 is 0 Å². The first-order valence-corrected chi connectivity index (χ1v) is 10.7. The van der Waals surface area contributed by atoms with E-state index < -0.39 is 48.2 Å². The van der Waals surface area contributed by atoms with E-state index in [0.29, 0.717) is 43.6 Å². The molecule has 0 radical (unpaired) electrons. The van der Waals surface area contributed by atoms with E-state index in [0.717, 1.165) is 0 Å². The number of aliphatic carboxylic acids is 4. The molecule has 38 heavy (non-hydrogen) atoms. The average Bonchev–Trinajstić information content (AvgIpc) is 3.50. The van der Waals surface area contributed by atoms with Crippen molar-refractivity contribution in [3.05, 3.63) is 36.8 Å². The van der Waals surface area contributed by atoms with Gasteiger partial charge in [0, 0.05) is 38.5 Å². The van der Waals surface area contributed by atoms with E-state index in [1.807, 2.05) is 0 Å². The fraction of sp³-hybridized carbons (Fsp3) is 0.520. The Bertz CT molecular complexity index is 802. The molecular weight excluding hydrogens is 508 g/mol. The zero-order valence-corrected chi connectivity index (χ0v) is 19.7. The Morgan fingerprint density at radius 3 is 1.32 bits per heavy atom. The summed E-state index contributed by atoms with van der Waals surface area (Å²) in [7, 11) is 0. The summed E-state index contributed by atoms with van der Waals surface area (Å²) in [4.78, 5) is 60.7. The van der Waals surface area contributed by atoms with E-state index in [1.165, 1.54) is 19.1 Å². The summed E-state index contributed by atoms with van der Waals surface area (Å²) in [6, 6.07) is 0. The van der Waals surface area contributed by atoms with Crippen LogP contribution in [0.25, 0.3) is 0 Å². The minimum Gasteiger partial charge on any atom is -0.484 e. The van der Waals surface area contributed by atoms with Gasteiger partial charge in [0.15, 0.2) is 24.1 Å². The number of hydrogen-bond acceptors (Lipinski definition) is 9. The van der Waals surface area contributed by atoms with Crippen LogP contribution in [0.2, 0.25) is 0 Å². The Balaban J connectivity index is -0.000000422. The summed E-state index contributed by atoms with van der Waals surface area (Å²) < 4.78 is 14.0. The molecule has 13 nitrogen and oxygen atoms in total. The van der Waals surface area contributed by atoms with Gasteiger partial charge in [0.05, 0.1) is 17.9 Å². The lowest BCUT2D eigenvalue weighted by Gasteiger charge is -2.01. The molecule has 0 aromatic heterocycles. The van der Waals surface area contributed by atoms with E-state index in [-0.39, 0.29) is 33.5 Å². The van der Waals surface area contributed by atoms with Crippen LogP contribution in [0, 0.1) is 0 Å². The summed E-state index contributed by atoms with van der Waals surface area (Å²) in [5, 5.41) is 33.0. The summed E-state index contributed by atoms with van der Waals surface area (Å²) in [6.07, 6.45) is 3.34. The molecule has 3 heterocycles. The topological polar surface area (TPSA) is 211 Å². The van der Waals surface area contributed by atoms with Crippen molar-refractivity contribution in [1.29, 1.82) is 0 Å². The maximum absolute atomic E-state index is 10.3. The maximum atomic E-state index is 10.3. The first-order valence-electron chi connectivity index (χ1n) is 10.7. The largest absolute Gasteiger partial charge is 0.484 e. The smallest absolute Gasteiger partial charge is 0.345 e. The van der Waals surface area contributed by atoms with Crippen LogP contribution in [0.4, 0.5) is 0 Å². The minimum atomic E-state index is -1.05. The van der Waals surface area contributed by atoms with Gasteiger partial charge in [0.1, 0.15) is 0 Å². The number of esters is 1. The fourth-order valence-corrected chi connectivity index (χ4v) is 2.60. The molecule has 0 bridgehead atoms. The highest BCUT2D eigenvalue weighted by Crippen LogP contribution is 2.21. The second-order valence-electron chi connectivity index (χ2n) is 7.51. The highest BCUT2D eigenvalue weighted by molar-refractivity contribution is 5.87. The molecule has 13 heteroatoms. The lowest BCUT2D eigenvalue weighted by molar-refractivity contribution is -0.156. The molecule has 3 aliphatic heterocycles. The molecule has 0 saturated carbocycles. The second-order valence-corrected chi connectivity index (χ2v) is 7.51. The van der Waals surface area contributed by atoms with E-state index in [9.17, 15) is 28.8 Å². The van der Waals surface area contributed by atoms with Gasteiger partial charge in [0.2, 0.25) is 0 Å². The van der Waals surface area contributed by atoms with Crippen molar-refractivity contribution < 1.29 is 63.4 Å². The first-order chi connectivity index (χ1) is 16.7. The van der Waals surface area contributed by atoms with Gasteiger partial charge >= 0.3 is 29.8 Å². The molecule has 1 unspecified atom stereocenters. The number of rotatable bonds is 6. The van der Waals surface area contributed by atoms with Gasteiger partial charge in [-0.05, 0) is 13.0 Å². The molecule has 3 fully saturated rings.